The molecule has 1 N–H and O–H groups in total. The monoisotopic (exact) mass is 234 g/mol. The van der Waals surface area contributed by atoms with Crippen LogP contribution in [-0.4, -0.2) is 24.5 Å². The first-order chi connectivity index (χ1) is 8.17. The van der Waals surface area contributed by atoms with Crippen molar-refractivity contribution in [1.82, 2.24) is 0 Å². The third kappa shape index (κ3) is 4.10. The number of rotatable bonds is 6. The third-order valence-electron chi connectivity index (χ3n) is 2.22. The van der Waals surface area contributed by atoms with Crippen LogP contribution in [0.5, 0.6) is 5.75 Å². The molecule has 0 aliphatic rings. The van der Waals surface area contributed by atoms with Gasteiger partial charge in [-0.15, -0.1) is 0 Å². The number of hydrogen-bond acceptors (Lipinski definition) is 3. The van der Waals surface area contributed by atoms with E-state index >= 15 is 0 Å². The first kappa shape index (κ1) is 13.0. The van der Waals surface area contributed by atoms with Gasteiger partial charge in [0.15, 0.2) is 0 Å². The number of benzene rings is 1. The minimum Gasteiger partial charge on any atom is -0.497 e. The van der Waals surface area contributed by atoms with Crippen LogP contribution in [0.15, 0.2) is 24.3 Å². The Morgan fingerprint density at radius 1 is 1.47 bits per heavy atom. The van der Waals surface area contributed by atoms with Gasteiger partial charge in [0.2, 0.25) is 0 Å². The molecule has 0 saturated heterocycles. The van der Waals surface area contributed by atoms with Crippen molar-refractivity contribution in [3.63, 3.8) is 0 Å². The van der Waals surface area contributed by atoms with Gasteiger partial charge in [0.25, 0.3) is 0 Å². The van der Waals surface area contributed by atoms with Gasteiger partial charge in [-0.25, -0.2) is 0 Å². The van der Waals surface area contributed by atoms with Gasteiger partial charge in [0.1, 0.15) is 12.0 Å². The second-order valence-electron chi connectivity index (χ2n) is 3.44. The zero-order valence-corrected chi connectivity index (χ0v) is 9.55. The van der Waals surface area contributed by atoms with Crippen LogP contribution in [0.2, 0.25) is 0 Å². The Hall–Kier alpha value is -2.10. The fourth-order valence-corrected chi connectivity index (χ4v) is 1.43. The van der Waals surface area contributed by atoms with Crippen LogP contribution in [0.25, 0.3) is 6.08 Å². The maximum atomic E-state index is 10.7. The second kappa shape index (κ2) is 6.48. The molecule has 1 aromatic rings. The molecule has 0 bridgehead atoms. The number of carbonyl (C=O) groups is 2. The van der Waals surface area contributed by atoms with E-state index in [2.05, 4.69) is 0 Å². The van der Waals surface area contributed by atoms with E-state index in [0.29, 0.717) is 17.7 Å². The number of carboxylic acid groups (broad SMARTS) is 1. The number of hydrogen-bond donors (Lipinski definition) is 1. The lowest BCUT2D eigenvalue weighted by molar-refractivity contribution is -0.136. The summed E-state index contributed by atoms with van der Waals surface area (Å²) in [5.74, 6) is -0.231. The molecule has 0 amide bonds. The van der Waals surface area contributed by atoms with E-state index in [1.54, 1.807) is 37.5 Å². The van der Waals surface area contributed by atoms with Crippen LogP contribution in [-0.2, 0) is 16.0 Å². The summed E-state index contributed by atoms with van der Waals surface area (Å²) in [6, 6.07) is 5.18. The molecule has 0 radical (unpaired) electrons. The molecular weight excluding hydrogens is 220 g/mol. The summed E-state index contributed by atoms with van der Waals surface area (Å²) in [4.78, 5) is 20.9. The summed E-state index contributed by atoms with van der Waals surface area (Å²) < 4.78 is 5.07. The molecule has 0 atom stereocenters. The van der Waals surface area contributed by atoms with E-state index in [1.165, 1.54) is 0 Å². The minimum atomic E-state index is -0.889. The van der Waals surface area contributed by atoms with Gasteiger partial charge in [-0.1, -0.05) is 18.2 Å². The number of aldehydes is 1. The third-order valence-corrected chi connectivity index (χ3v) is 2.22. The van der Waals surface area contributed by atoms with Gasteiger partial charge in [-0.05, 0) is 23.3 Å². The highest BCUT2D eigenvalue weighted by molar-refractivity contribution is 5.73. The Morgan fingerprint density at radius 3 is 2.82 bits per heavy atom. The molecule has 1 rings (SSSR count). The fraction of sp³-hybridized carbons (Fsp3) is 0.231. The van der Waals surface area contributed by atoms with Gasteiger partial charge in [-0.3, -0.25) is 4.79 Å². The Kier molecular flexibility index (Phi) is 4.94. The van der Waals surface area contributed by atoms with Crippen LogP contribution >= 0.6 is 0 Å². The number of aliphatic carboxylic acids is 1. The predicted molar refractivity (Wildman–Crippen MR) is 64.0 cm³/mol. The number of allylic oxidation sites excluding steroid dienone is 1. The average molecular weight is 234 g/mol. The van der Waals surface area contributed by atoms with Crippen LogP contribution in [0.1, 0.15) is 17.5 Å². The summed E-state index contributed by atoms with van der Waals surface area (Å²) in [6.07, 6.45) is 4.46. The Labute approximate surface area is 99.5 Å². The van der Waals surface area contributed by atoms with Crippen molar-refractivity contribution in [3.05, 3.63) is 35.4 Å². The number of methoxy groups -OCH3 is 1. The lowest BCUT2D eigenvalue weighted by Gasteiger charge is -2.06. The molecule has 0 saturated carbocycles. The van der Waals surface area contributed by atoms with E-state index in [1.807, 2.05) is 0 Å². The van der Waals surface area contributed by atoms with Crippen LogP contribution in [0, 0.1) is 0 Å². The van der Waals surface area contributed by atoms with Crippen molar-refractivity contribution in [1.29, 1.82) is 0 Å². The molecule has 90 valence electrons. The Morgan fingerprint density at radius 2 is 2.24 bits per heavy atom. The molecule has 17 heavy (non-hydrogen) atoms. The zero-order valence-electron chi connectivity index (χ0n) is 9.55. The van der Waals surface area contributed by atoms with E-state index in [9.17, 15) is 9.59 Å². The van der Waals surface area contributed by atoms with Crippen molar-refractivity contribution < 1.29 is 19.4 Å². The maximum Gasteiger partial charge on any atom is 0.307 e. The van der Waals surface area contributed by atoms with Crippen molar-refractivity contribution in [2.45, 2.75) is 12.8 Å². The zero-order chi connectivity index (χ0) is 12.7. The Bertz CT molecular complexity index is 435. The molecular formula is C13H14O4. The van der Waals surface area contributed by atoms with Crippen molar-refractivity contribution >= 4 is 18.3 Å². The quantitative estimate of drug-likeness (QED) is 0.764. The standard InChI is InChI=1S/C13H14O4/c1-17-12-6-5-11(9-13(15)16)10(8-12)4-2-3-7-14/h2,4-8H,3,9H2,1H3,(H,15,16). The molecule has 0 heterocycles. The van der Waals surface area contributed by atoms with Crippen LogP contribution < -0.4 is 4.74 Å². The first-order valence-corrected chi connectivity index (χ1v) is 5.16. The smallest absolute Gasteiger partial charge is 0.307 e. The van der Waals surface area contributed by atoms with E-state index in [4.69, 9.17) is 9.84 Å². The van der Waals surface area contributed by atoms with Crippen molar-refractivity contribution in [3.8, 4) is 5.75 Å². The topological polar surface area (TPSA) is 63.6 Å². The summed E-state index contributed by atoms with van der Waals surface area (Å²) in [7, 11) is 1.55. The van der Waals surface area contributed by atoms with Gasteiger partial charge in [-0.2, -0.15) is 0 Å². The van der Waals surface area contributed by atoms with Crippen molar-refractivity contribution in [2.24, 2.45) is 0 Å². The molecule has 0 aromatic heterocycles. The normalized spacial score (nSPS) is 10.4. The van der Waals surface area contributed by atoms with Crippen molar-refractivity contribution in [2.75, 3.05) is 7.11 Å². The summed E-state index contributed by atoms with van der Waals surface area (Å²) in [5.41, 5.74) is 1.45. The highest BCUT2D eigenvalue weighted by Crippen LogP contribution is 2.19. The molecule has 4 nitrogen and oxygen atoms in total. The highest BCUT2D eigenvalue weighted by atomic mass is 16.5. The molecule has 0 unspecified atom stereocenters. The summed E-state index contributed by atoms with van der Waals surface area (Å²) >= 11 is 0. The van der Waals surface area contributed by atoms with E-state index in [0.717, 1.165) is 11.8 Å². The number of carbonyl (C=O) groups excluding carboxylic acids is 1. The lowest BCUT2D eigenvalue weighted by atomic mass is 10.0. The highest BCUT2D eigenvalue weighted by Gasteiger charge is 2.06. The van der Waals surface area contributed by atoms with Crippen LogP contribution in [0.3, 0.4) is 0 Å². The van der Waals surface area contributed by atoms with Gasteiger partial charge in [0, 0.05) is 6.42 Å². The molecule has 0 aliphatic heterocycles. The molecule has 0 fully saturated rings. The Balaban J connectivity index is 3.01. The van der Waals surface area contributed by atoms with Crippen LogP contribution in [0.4, 0.5) is 0 Å². The van der Waals surface area contributed by atoms with E-state index in [-0.39, 0.29) is 6.42 Å². The minimum absolute atomic E-state index is 0.0508. The van der Waals surface area contributed by atoms with Gasteiger partial charge in [0.05, 0.1) is 13.5 Å². The second-order valence-corrected chi connectivity index (χ2v) is 3.44. The average Bonchev–Trinajstić information content (AvgIpc) is 2.30. The summed E-state index contributed by atoms with van der Waals surface area (Å²) in [5, 5.41) is 8.78. The maximum absolute atomic E-state index is 10.7. The largest absolute Gasteiger partial charge is 0.497 e. The molecule has 1 aromatic carbocycles. The molecule has 0 spiro atoms. The molecule has 4 heteroatoms. The fourth-order valence-electron chi connectivity index (χ4n) is 1.43. The SMILES string of the molecule is COc1ccc(CC(=O)O)c(C=CCC=O)c1. The lowest BCUT2D eigenvalue weighted by Crippen LogP contribution is -2.02. The first-order valence-electron chi connectivity index (χ1n) is 5.16. The van der Waals surface area contributed by atoms with Gasteiger partial charge >= 0.3 is 5.97 Å². The molecule has 0 aliphatic carbocycles. The summed E-state index contributed by atoms with van der Waals surface area (Å²) in [6.45, 7) is 0. The number of carboxylic acids is 1. The van der Waals surface area contributed by atoms with E-state index < -0.39 is 5.97 Å². The predicted octanol–water partition coefficient (Wildman–Crippen LogP) is 1.92. The van der Waals surface area contributed by atoms with Gasteiger partial charge < -0.3 is 14.6 Å². The number of ether oxygens (including phenoxy) is 1.